The summed E-state index contributed by atoms with van der Waals surface area (Å²) in [5.41, 5.74) is -2.09. The van der Waals surface area contributed by atoms with E-state index in [1.54, 1.807) is 26.0 Å². The molecule has 0 bridgehead atoms. The van der Waals surface area contributed by atoms with E-state index < -0.39 is 34.8 Å². The first kappa shape index (κ1) is 33.1. The molecule has 1 aromatic carbocycles. The number of carboxylic acid groups (broad SMARTS) is 1. The molecule has 2 rings (SSSR count). The molecule has 6 heteroatoms. The highest BCUT2D eigenvalue weighted by molar-refractivity contribution is 5.89. The number of hydrogen-bond acceptors (Lipinski definition) is 4. The minimum absolute atomic E-state index is 0.182. The highest BCUT2D eigenvalue weighted by atomic mass is 16.6. The van der Waals surface area contributed by atoms with Gasteiger partial charge in [-0.2, -0.15) is 0 Å². The number of benzene rings is 1. The molecule has 0 aliphatic carbocycles. The lowest BCUT2D eigenvalue weighted by Crippen LogP contribution is -2.67. The summed E-state index contributed by atoms with van der Waals surface area (Å²) in [7, 11) is 0. The molecule has 1 saturated heterocycles. The summed E-state index contributed by atoms with van der Waals surface area (Å²) in [6.07, 6.45) is 15.2. The largest absolute Gasteiger partial charge is 0.465 e. The van der Waals surface area contributed by atoms with Gasteiger partial charge in [0.1, 0.15) is 17.4 Å². The lowest BCUT2D eigenvalue weighted by atomic mass is 9.68. The van der Waals surface area contributed by atoms with Crippen molar-refractivity contribution in [3.63, 3.8) is 0 Å². The van der Waals surface area contributed by atoms with E-state index in [4.69, 9.17) is 9.47 Å². The molecule has 1 amide bonds. The predicted molar refractivity (Wildman–Crippen MR) is 158 cm³/mol. The number of carbonyl (C=O) groups is 2. The number of unbranched alkanes of at least 4 members (excludes halogenated alkanes) is 12. The highest BCUT2D eigenvalue weighted by Crippen LogP contribution is 2.50. The van der Waals surface area contributed by atoms with Crippen LogP contribution in [0.25, 0.3) is 0 Å². The summed E-state index contributed by atoms with van der Waals surface area (Å²) in [6.45, 7) is 12.0. The Hall–Kier alpha value is -2.08. The van der Waals surface area contributed by atoms with Gasteiger partial charge in [0, 0.05) is 0 Å². The summed E-state index contributed by atoms with van der Waals surface area (Å²) in [5, 5.41) is 10.3. The first-order valence-electron chi connectivity index (χ1n) is 15.4. The maximum absolute atomic E-state index is 13.2. The molecule has 1 unspecified atom stereocenters. The summed E-state index contributed by atoms with van der Waals surface area (Å²) in [6, 6.07) is 8.95. The van der Waals surface area contributed by atoms with Crippen molar-refractivity contribution < 1.29 is 24.2 Å². The van der Waals surface area contributed by atoms with Crippen molar-refractivity contribution in [1.29, 1.82) is 0 Å². The Labute approximate surface area is 237 Å². The van der Waals surface area contributed by atoms with Gasteiger partial charge in [-0.15, -0.1) is 0 Å². The van der Waals surface area contributed by atoms with Crippen molar-refractivity contribution in [2.45, 2.75) is 149 Å². The third-order valence-corrected chi connectivity index (χ3v) is 8.43. The molecule has 1 aromatic rings. The van der Waals surface area contributed by atoms with Crippen molar-refractivity contribution in [2.75, 3.05) is 6.61 Å². The van der Waals surface area contributed by atoms with E-state index in [2.05, 4.69) is 6.92 Å². The molecule has 1 heterocycles. The van der Waals surface area contributed by atoms with Gasteiger partial charge in [-0.1, -0.05) is 123 Å². The van der Waals surface area contributed by atoms with Crippen LogP contribution < -0.4 is 0 Å². The summed E-state index contributed by atoms with van der Waals surface area (Å²) in [4.78, 5) is 27.3. The number of amides is 1. The van der Waals surface area contributed by atoms with Gasteiger partial charge in [-0.05, 0) is 44.2 Å². The Kier molecular flexibility index (Phi) is 13.3. The second-order valence-electron chi connectivity index (χ2n) is 12.8. The monoisotopic (exact) mass is 545 g/mol. The maximum Gasteiger partial charge on any atom is 0.410 e. The molecule has 0 radical (unpaired) electrons. The molecule has 1 fully saturated rings. The molecule has 6 nitrogen and oxygen atoms in total. The van der Waals surface area contributed by atoms with Gasteiger partial charge in [-0.25, -0.2) is 9.59 Å². The molecule has 2 atom stereocenters. The maximum atomic E-state index is 13.2. The molecule has 222 valence electrons. The zero-order valence-electron chi connectivity index (χ0n) is 25.6. The SMILES string of the molecule is CCCCCCCCCCCCCCCC(OC(=O)c1ccccc1)[C@]1(C(C)(C)C)COC(C)(C)N1C(=O)O. The summed E-state index contributed by atoms with van der Waals surface area (Å²) >= 11 is 0. The molecule has 1 aliphatic rings. The first-order chi connectivity index (χ1) is 18.5. The van der Waals surface area contributed by atoms with Crippen LogP contribution in [0.2, 0.25) is 0 Å². The average Bonchev–Trinajstić information content (AvgIpc) is 3.18. The third-order valence-electron chi connectivity index (χ3n) is 8.43. The molecule has 1 N–H and O–H groups in total. The molecular weight excluding hydrogens is 490 g/mol. The van der Waals surface area contributed by atoms with Crippen molar-refractivity contribution >= 4 is 12.1 Å². The van der Waals surface area contributed by atoms with Crippen molar-refractivity contribution in [2.24, 2.45) is 5.41 Å². The van der Waals surface area contributed by atoms with Gasteiger partial charge in [0.25, 0.3) is 0 Å². The van der Waals surface area contributed by atoms with Crippen LogP contribution in [0.1, 0.15) is 142 Å². The highest BCUT2D eigenvalue weighted by Gasteiger charge is 2.64. The van der Waals surface area contributed by atoms with Crippen LogP contribution in [0.15, 0.2) is 30.3 Å². The van der Waals surface area contributed by atoms with Crippen LogP contribution in [0.5, 0.6) is 0 Å². The van der Waals surface area contributed by atoms with E-state index in [1.807, 2.05) is 39.0 Å². The summed E-state index contributed by atoms with van der Waals surface area (Å²) in [5.74, 6) is -0.422. The zero-order valence-corrected chi connectivity index (χ0v) is 25.6. The van der Waals surface area contributed by atoms with Crippen molar-refractivity contribution in [3.05, 3.63) is 35.9 Å². The van der Waals surface area contributed by atoms with Crippen LogP contribution in [-0.4, -0.2) is 46.0 Å². The van der Waals surface area contributed by atoms with Gasteiger partial charge in [0.15, 0.2) is 0 Å². The number of hydrogen-bond donors (Lipinski definition) is 1. The van der Waals surface area contributed by atoms with E-state index in [0.29, 0.717) is 12.0 Å². The number of esters is 1. The Bertz CT molecular complexity index is 863. The van der Waals surface area contributed by atoms with Crippen molar-refractivity contribution in [3.8, 4) is 0 Å². The zero-order chi connectivity index (χ0) is 28.9. The van der Waals surface area contributed by atoms with E-state index in [9.17, 15) is 14.7 Å². The number of carbonyl (C=O) groups excluding carboxylic acids is 1. The van der Waals surface area contributed by atoms with Gasteiger partial charge in [-0.3, -0.25) is 4.90 Å². The van der Waals surface area contributed by atoms with Crippen molar-refractivity contribution in [1.82, 2.24) is 4.90 Å². The fourth-order valence-electron chi connectivity index (χ4n) is 6.08. The van der Waals surface area contributed by atoms with Crippen LogP contribution in [0, 0.1) is 5.41 Å². The smallest absolute Gasteiger partial charge is 0.410 e. The van der Waals surface area contributed by atoms with E-state index in [-0.39, 0.29) is 6.61 Å². The van der Waals surface area contributed by atoms with Gasteiger partial charge in [0.05, 0.1) is 12.2 Å². The first-order valence-corrected chi connectivity index (χ1v) is 15.4. The Morgan fingerprint density at radius 1 is 0.897 bits per heavy atom. The fourth-order valence-corrected chi connectivity index (χ4v) is 6.08. The normalized spacial score (nSPS) is 19.7. The minimum atomic E-state index is -1.06. The minimum Gasteiger partial charge on any atom is -0.465 e. The van der Waals surface area contributed by atoms with E-state index in [0.717, 1.165) is 19.3 Å². The predicted octanol–water partition coefficient (Wildman–Crippen LogP) is 9.22. The molecule has 0 saturated carbocycles. The van der Waals surface area contributed by atoms with Crippen LogP contribution >= 0.6 is 0 Å². The third kappa shape index (κ3) is 9.23. The van der Waals surface area contributed by atoms with Gasteiger partial charge in [0.2, 0.25) is 0 Å². The standard InChI is InChI=1S/C33H55NO5/c1-7-8-9-10-11-12-13-14-15-16-17-18-22-25-28(39-29(35)27-23-20-19-21-24-27)33(31(2,3)4)26-38-32(5,6)34(33)30(36)37/h19-21,23-24,28H,7-18,22,25-26H2,1-6H3,(H,36,37)/t28?,33-/m0/s1. The second kappa shape index (κ2) is 15.6. The van der Waals surface area contributed by atoms with E-state index in [1.165, 1.54) is 69.1 Å². The quantitative estimate of drug-likeness (QED) is 0.156. The lowest BCUT2D eigenvalue weighted by Gasteiger charge is -2.51. The van der Waals surface area contributed by atoms with Crippen LogP contribution in [0.4, 0.5) is 4.79 Å². The number of ether oxygens (including phenoxy) is 2. The van der Waals surface area contributed by atoms with Gasteiger partial charge >= 0.3 is 12.1 Å². The molecule has 0 aromatic heterocycles. The Balaban J connectivity index is 2.01. The Morgan fingerprint density at radius 3 is 1.85 bits per heavy atom. The molecule has 0 spiro atoms. The Morgan fingerprint density at radius 2 is 1.38 bits per heavy atom. The fraction of sp³-hybridized carbons (Fsp3) is 0.758. The molecule has 39 heavy (non-hydrogen) atoms. The van der Waals surface area contributed by atoms with Crippen LogP contribution in [-0.2, 0) is 9.47 Å². The number of nitrogens with zero attached hydrogens (tertiary/aromatic N) is 1. The van der Waals surface area contributed by atoms with Gasteiger partial charge < -0.3 is 14.6 Å². The van der Waals surface area contributed by atoms with Crippen LogP contribution in [0.3, 0.4) is 0 Å². The van der Waals surface area contributed by atoms with E-state index >= 15 is 0 Å². The summed E-state index contributed by atoms with van der Waals surface area (Å²) < 4.78 is 12.3. The lowest BCUT2D eigenvalue weighted by molar-refractivity contribution is -0.0992. The number of rotatable bonds is 17. The topological polar surface area (TPSA) is 76.1 Å². The second-order valence-corrected chi connectivity index (χ2v) is 12.8. The molecular formula is C33H55NO5. The average molecular weight is 546 g/mol. The molecule has 1 aliphatic heterocycles.